The molecule has 0 N–H and O–H groups in total. The Morgan fingerprint density at radius 2 is 1.59 bits per heavy atom. The van der Waals surface area contributed by atoms with Gasteiger partial charge >= 0.3 is 0 Å². The van der Waals surface area contributed by atoms with Crippen molar-refractivity contribution in [1.29, 1.82) is 0 Å². The SMILES string of the molecule is COc1ccccc1-n1cnnc1SC(C(=O)c1ccccc1)c1ccccc1. The van der Waals surface area contributed by atoms with Crippen LogP contribution in [0.25, 0.3) is 5.69 Å². The second-order valence-corrected chi connectivity index (χ2v) is 7.37. The first-order valence-electron chi connectivity index (χ1n) is 9.12. The van der Waals surface area contributed by atoms with Gasteiger partial charge in [-0.05, 0) is 17.7 Å². The molecule has 144 valence electrons. The van der Waals surface area contributed by atoms with E-state index in [9.17, 15) is 4.79 Å². The summed E-state index contributed by atoms with van der Waals surface area (Å²) in [5.74, 6) is 0.733. The second-order valence-electron chi connectivity index (χ2n) is 6.29. The number of carbonyl (C=O) groups is 1. The molecule has 3 aromatic carbocycles. The monoisotopic (exact) mass is 401 g/mol. The number of nitrogens with zero attached hydrogens (tertiary/aromatic N) is 3. The van der Waals surface area contributed by atoms with Crippen molar-refractivity contribution in [2.45, 2.75) is 10.4 Å². The van der Waals surface area contributed by atoms with Crippen LogP contribution in [-0.2, 0) is 0 Å². The molecular weight excluding hydrogens is 382 g/mol. The van der Waals surface area contributed by atoms with Crippen LogP contribution in [0.5, 0.6) is 5.75 Å². The minimum Gasteiger partial charge on any atom is -0.495 e. The molecule has 1 unspecified atom stereocenters. The zero-order valence-corrected chi connectivity index (χ0v) is 16.6. The number of para-hydroxylation sites is 2. The molecule has 4 aromatic rings. The first kappa shape index (κ1) is 19.0. The number of ether oxygens (including phenoxy) is 1. The average molecular weight is 401 g/mol. The largest absolute Gasteiger partial charge is 0.495 e. The Kier molecular flexibility index (Phi) is 5.72. The Balaban J connectivity index is 1.73. The molecule has 0 bridgehead atoms. The molecule has 6 heteroatoms. The molecule has 0 radical (unpaired) electrons. The van der Waals surface area contributed by atoms with E-state index in [0.717, 1.165) is 11.3 Å². The first-order valence-corrected chi connectivity index (χ1v) is 10.00. The third-order valence-electron chi connectivity index (χ3n) is 4.48. The summed E-state index contributed by atoms with van der Waals surface area (Å²) in [6.07, 6.45) is 1.63. The Morgan fingerprint density at radius 3 is 2.31 bits per heavy atom. The zero-order valence-electron chi connectivity index (χ0n) is 15.8. The van der Waals surface area contributed by atoms with E-state index in [1.54, 1.807) is 13.4 Å². The predicted molar refractivity (Wildman–Crippen MR) is 114 cm³/mol. The summed E-state index contributed by atoms with van der Waals surface area (Å²) in [5.41, 5.74) is 2.40. The van der Waals surface area contributed by atoms with Crippen molar-refractivity contribution < 1.29 is 9.53 Å². The maximum atomic E-state index is 13.3. The van der Waals surface area contributed by atoms with Gasteiger partial charge in [-0.25, -0.2) is 0 Å². The van der Waals surface area contributed by atoms with E-state index in [1.165, 1.54) is 11.8 Å². The van der Waals surface area contributed by atoms with E-state index in [1.807, 2.05) is 89.5 Å². The van der Waals surface area contributed by atoms with Gasteiger partial charge in [-0.1, -0.05) is 84.6 Å². The van der Waals surface area contributed by atoms with E-state index >= 15 is 0 Å². The zero-order chi connectivity index (χ0) is 20.1. The Morgan fingerprint density at radius 1 is 0.931 bits per heavy atom. The Bertz CT molecular complexity index is 1100. The summed E-state index contributed by atoms with van der Waals surface area (Å²) < 4.78 is 7.32. The van der Waals surface area contributed by atoms with E-state index in [-0.39, 0.29) is 5.78 Å². The number of hydrogen-bond donors (Lipinski definition) is 0. The van der Waals surface area contributed by atoms with E-state index < -0.39 is 5.25 Å². The molecule has 5 nitrogen and oxygen atoms in total. The van der Waals surface area contributed by atoms with Crippen LogP contribution in [0.3, 0.4) is 0 Å². The summed E-state index contributed by atoms with van der Waals surface area (Å²) in [7, 11) is 1.63. The lowest BCUT2D eigenvalue weighted by molar-refractivity contribution is 0.0989. The average Bonchev–Trinajstić information content (AvgIpc) is 3.26. The van der Waals surface area contributed by atoms with E-state index in [4.69, 9.17) is 4.74 Å². The molecule has 1 aromatic heterocycles. The minimum atomic E-state index is -0.448. The van der Waals surface area contributed by atoms with Crippen molar-refractivity contribution in [3.8, 4) is 11.4 Å². The quantitative estimate of drug-likeness (QED) is 0.322. The van der Waals surface area contributed by atoms with Crippen LogP contribution in [-0.4, -0.2) is 27.7 Å². The molecule has 0 saturated heterocycles. The number of benzene rings is 3. The molecule has 0 aliphatic heterocycles. The Labute approximate surface area is 173 Å². The number of Topliss-reactive ketones (excluding diaryl/α,β-unsaturated/α-hetero) is 1. The molecule has 1 heterocycles. The Hall–Kier alpha value is -3.38. The van der Waals surface area contributed by atoms with Gasteiger partial charge in [0.25, 0.3) is 0 Å². The van der Waals surface area contributed by atoms with Gasteiger partial charge in [0.15, 0.2) is 10.9 Å². The van der Waals surface area contributed by atoms with Crippen LogP contribution < -0.4 is 4.74 Å². The summed E-state index contributed by atoms with van der Waals surface area (Å²) in [5, 5.41) is 8.53. The van der Waals surface area contributed by atoms with Crippen molar-refractivity contribution >= 4 is 17.5 Å². The highest BCUT2D eigenvalue weighted by Gasteiger charge is 2.26. The molecule has 0 amide bonds. The predicted octanol–water partition coefficient (Wildman–Crippen LogP) is 4.99. The number of hydrogen-bond acceptors (Lipinski definition) is 5. The van der Waals surface area contributed by atoms with Crippen molar-refractivity contribution in [2.75, 3.05) is 7.11 Å². The molecule has 29 heavy (non-hydrogen) atoms. The highest BCUT2D eigenvalue weighted by Crippen LogP contribution is 2.38. The highest BCUT2D eigenvalue weighted by molar-refractivity contribution is 8.00. The minimum absolute atomic E-state index is 0.0244. The fourth-order valence-corrected chi connectivity index (χ4v) is 4.16. The fourth-order valence-electron chi connectivity index (χ4n) is 3.06. The third kappa shape index (κ3) is 4.07. The lowest BCUT2D eigenvalue weighted by Gasteiger charge is -2.17. The van der Waals surface area contributed by atoms with Gasteiger partial charge in [-0.15, -0.1) is 10.2 Å². The van der Waals surface area contributed by atoms with Gasteiger partial charge in [0.1, 0.15) is 17.3 Å². The van der Waals surface area contributed by atoms with Crippen molar-refractivity contribution in [3.05, 3.63) is 102 Å². The van der Waals surface area contributed by atoms with Crippen LogP contribution in [0, 0.1) is 0 Å². The molecule has 0 aliphatic carbocycles. The molecule has 0 aliphatic rings. The summed E-state index contributed by atoms with van der Waals surface area (Å²) in [6, 6.07) is 26.7. The number of aromatic nitrogens is 3. The van der Waals surface area contributed by atoms with Gasteiger partial charge < -0.3 is 4.74 Å². The maximum Gasteiger partial charge on any atom is 0.196 e. The number of methoxy groups -OCH3 is 1. The van der Waals surface area contributed by atoms with Gasteiger partial charge in [0, 0.05) is 5.56 Å². The number of thioether (sulfide) groups is 1. The molecule has 0 fully saturated rings. The van der Waals surface area contributed by atoms with Crippen LogP contribution in [0.15, 0.2) is 96.4 Å². The molecular formula is C23H19N3O2S. The van der Waals surface area contributed by atoms with Crippen LogP contribution in [0.2, 0.25) is 0 Å². The molecule has 0 spiro atoms. The molecule has 1 atom stereocenters. The lowest BCUT2D eigenvalue weighted by Crippen LogP contribution is -2.11. The van der Waals surface area contributed by atoms with E-state index in [2.05, 4.69) is 10.2 Å². The van der Waals surface area contributed by atoms with Crippen molar-refractivity contribution in [1.82, 2.24) is 14.8 Å². The van der Waals surface area contributed by atoms with Crippen molar-refractivity contribution in [2.24, 2.45) is 0 Å². The van der Waals surface area contributed by atoms with Gasteiger partial charge in [-0.2, -0.15) is 0 Å². The van der Waals surface area contributed by atoms with E-state index in [0.29, 0.717) is 16.5 Å². The van der Waals surface area contributed by atoms with Gasteiger partial charge in [0.2, 0.25) is 0 Å². The van der Waals surface area contributed by atoms with Gasteiger partial charge in [0.05, 0.1) is 12.8 Å². The number of ketones is 1. The maximum absolute atomic E-state index is 13.3. The summed E-state index contributed by atoms with van der Waals surface area (Å²) >= 11 is 1.38. The third-order valence-corrected chi connectivity index (χ3v) is 5.69. The molecule has 4 rings (SSSR count). The fraction of sp³-hybridized carbons (Fsp3) is 0.0870. The van der Waals surface area contributed by atoms with Gasteiger partial charge in [-0.3, -0.25) is 9.36 Å². The molecule has 0 saturated carbocycles. The number of rotatable bonds is 7. The summed E-state index contributed by atoms with van der Waals surface area (Å²) in [4.78, 5) is 13.3. The van der Waals surface area contributed by atoms with Crippen LogP contribution >= 0.6 is 11.8 Å². The topological polar surface area (TPSA) is 57.0 Å². The van der Waals surface area contributed by atoms with Crippen LogP contribution in [0.1, 0.15) is 21.2 Å². The smallest absolute Gasteiger partial charge is 0.196 e. The summed E-state index contributed by atoms with van der Waals surface area (Å²) in [6.45, 7) is 0. The van der Waals surface area contributed by atoms with Crippen molar-refractivity contribution in [3.63, 3.8) is 0 Å². The normalized spacial score (nSPS) is 11.8. The van der Waals surface area contributed by atoms with Crippen LogP contribution in [0.4, 0.5) is 0 Å². The highest BCUT2D eigenvalue weighted by atomic mass is 32.2. The first-order chi connectivity index (χ1) is 14.3. The standard InChI is InChI=1S/C23H19N3O2S/c1-28-20-15-9-8-14-19(20)26-16-24-25-23(26)29-22(18-12-6-3-7-13-18)21(27)17-10-4-2-5-11-17/h2-16,22H,1H3. The number of carbonyl (C=O) groups excluding carboxylic acids is 1. The second kappa shape index (κ2) is 8.75. The lowest BCUT2D eigenvalue weighted by atomic mass is 10.0.